The van der Waals surface area contributed by atoms with E-state index in [0.717, 1.165) is 12.8 Å². The van der Waals surface area contributed by atoms with Crippen molar-refractivity contribution in [2.45, 2.75) is 45.3 Å². The van der Waals surface area contributed by atoms with Crippen LogP contribution in [0.2, 0.25) is 5.15 Å². The molecule has 0 saturated carbocycles. The van der Waals surface area contributed by atoms with Crippen molar-refractivity contribution in [3.63, 3.8) is 0 Å². The minimum Gasteiger partial charge on any atom is -0.444 e. The number of likely N-dealkylation sites (tertiary alicyclic amines) is 1. The van der Waals surface area contributed by atoms with Gasteiger partial charge in [0.2, 0.25) is 0 Å². The molecule has 1 fully saturated rings. The number of anilines is 1. The van der Waals surface area contributed by atoms with Gasteiger partial charge in [-0.1, -0.05) is 11.6 Å². The molecule has 3 rings (SSSR count). The average Bonchev–Trinajstić information content (AvgIpc) is 3.05. The standard InChI is InChI=1S/C17H23ClN6O2/c1-17(2,3)26-16(25)23-6-4-11(5-7-23)24-9-13(20-10-24)12-8-14(18)21-22-15(12)19/h8-11H,4-7H2,1-3H3,(H2,19,22). The molecule has 0 radical (unpaired) electrons. The van der Waals surface area contributed by atoms with Crippen molar-refractivity contribution in [3.8, 4) is 11.3 Å². The predicted octanol–water partition coefficient (Wildman–Crippen LogP) is 3.15. The van der Waals surface area contributed by atoms with Gasteiger partial charge in [-0.15, -0.1) is 10.2 Å². The van der Waals surface area contributed by atoms with Crippen LogP contribution < -0.4 is 5.73 Å². The molecule has 1 aliphatic rings. The molecule has 2 aromatic rings. The first-order valence-electron chi connectivity index (χ1n) is 8.53. The normalized spacial score (nSPS) is 15.9. The number of carbonyl (C=O) groups is 1. The fraction of sp³-hybridized carbons (Fsp3) is 0.529. The zero-order valence-corrected chi connectivity index (χ0v) is 15.9. The molecule has 0 atom stereocenters. The molecule has 0 unspecified atom stereocenters. The Morgan fingerprint density at radius 1 is 1.31 bits per heavy atom. The van der Waals surface area contributed by atoms with Crippen LogP contribution in [0.1, 0.15) is 39.7 Å². The molecule has 0 spiro atoms. The first-order chi connectivity index (χ1) is 12.2. The molecule has 1 amide bonds. The summed E-state index contributed by atoms with van der Waals surface area (Å²) in [5.41, 5.74) is 6.76. The molecule has 2 aromatic heterocycles. The number of hydrogen-bond donors (Lipinski definition) is 1. The lowest BCUT2D eigenvalue weighted by Crippen LogP contribution is -2.42. The summed E-state index contributed by atoms with van der Waals surface area (Å²) in [6.07, 6.45) is 5.11. The smallest absolute Gasteiger partial charge is 0.410 e. The quantitative estimate of drug-likeness (QED) is 0.861. The van der Waals surface area contributed by atoms with Gasteiger partial charge < -0.3 is 19.9 Å². The second-order valence-corrected chi connectivity index (χ2v) is 7.76. The Bertz CT molecular complexity index is 793. The number of piperidine rings is 1. The summed E-state index contributed by atoms with van der Waals surface area (Å²) < 4.78 is 7.48. The van der Waals surface area contributed by atoms with E-state index in [2.05, 4.69) is 19.7 Å². The summed E-state index contributed by atoms with van der Waals surface area (Å²) in [4.78, 5) is 18.3. The minimum atomic E-state index is -0.479. The highest BCUT2D eigenvalue weighted by Gasteiger charge is 2.27. The maximum atomic E-state index is 12.2. The van der Waals surface area contributed by atoms with E-state index >= 15 is 0 Å². The van der Waals surface area contributed by atoms with Gasteiger partial charge in [-0.3, -0.25) is 0 Å². The minimum absolute atomic E-state index is 0.257. The predicted molar refractivity (Wildman–Crippen MR) is 98.8 cm³/mol. The number of nitrogens with two attached hydrogens (primary N) is 1. The van der Waals surface area contributed by atoms with Crippen molar-refractivity contribution in [2.75, 3.05) is 18.8 Å². The number of nitrogen functional groups attached to an aromatic ring is 1. The number of hydrogen-bond acceptors (Lipinski definition) is 6. The molecule has 140 valence electrons. The van der Waals surface area contributed by atoms with E-state index in [0.29, 0.717) is 30.2 Å². The van der Waals surface area contributed by atoms with Gasteiger partial charge in [0.1, 0.15) is 5.60 Å². The molecule has 0 bridgehead atoms. The van der Waals surface area contributed by atoms with Gasteiger partial charge in [-0.2, -0.15) is 0 Å². The maximum absolute atomic E-state index is 12.2. The van der Waals surface area contributed by atoms with Crippen LogP contribution in [0, 0.1) is 0 Å². The van der Waals surface area contributed by atoms with Gasteiger partial charge in [0.05, 0.1) is 12.0 Å². The Balaban J connectivity index is 1.65. The Hall–Kier alpha value is -2.35. The van der Waals surface area contributed by atoms with Crippen molar-refractivity contribution in [3.05, 3.63) is 23.7 Å². The summed E-state index contributed by atoms with van der Waals surface area (Å²) in [6, 6.07) is 1.92. The number of ether oxygens (including phenoxy) is 1. The van der Waals surface area contributed by atoms with Gasteiger partial charge in [0.25, 0.3) is 0 Å². The van der Waals surface area contributed by atoms with Crippen LogP contribution in [0.15, 0.2) is 18.6 Å². The van der Waals surface area contributed by atoms with Gasteiger partial charge in [0, 0.05) is 30.9 Å². The maximum Gasteiger partial charge on any atom is 0.410 e. The van der Waals surface area contributed by atoms with Crippen LogP contribution >= 0.6 is 11.6 Å². The molecule has 1 saturated heterocycles. The topological polar surface area (TPSA) is 99.2 Å². The van der Waals surface area contributed by atoms with Crippen LogP contribution in [0.5, 0.6) is 0 Å². The molecular formula is C17H23ClN6O2. The zero-order valence-electron chi connectivity index (χ0n) is 15.1. The number of nitrogens with zero attached hydrogens (tertiary/aromatic N) is 5. The number of imidazole rings is 1. The molecule has 3 heterocycles. The summed E-state index contributed by atoms with van der Waals surface area (Å²) in [6.45, 7) is 6.92. The van der Waals surface area contributed by atoms with Crippen LogP contribution in [-0.4, -0.2) is 49.4 Å². The van der Waals surface area contributed by atoms with Gasteiger partial charge in [0.15, 0.2) is 11.0 Å². The average molecular weight is 379 g/mol. The Morgan fingerprint density at radius 2 is 2.00 bits per heavy atom. The molecule has 2 N–H and O–H groups in total. The molecule has 9 heteroatoms. The third kappa shape index (κ3) is 4.24. The van der Waals surface area contributed by atoms with Crippen LogP contribution in [0.3, 0.4) is 0 Å². The van der Waals surface area contributed by atoms with E-state index in [4.69, 9.17) is 22.1 Å². The van der Waals surface area contributed by atoms with E-state index in [1.165, 1.54) is 0 Å². The number of rotatable bonds is 2. The highest BCUT2D eigenvalue weighted by Crippen LogP contribution is 2.28. The second kappa shape index (κ2) is 7.11. The van der Waals surface area contributed by atoms with E-state index in [-0.39, 0.29) is 17.3 Å². The molecule has 26 heavy (non-hydrogen) atoms. The van der Waals surface area contributed by atoms with Crippen molar-refractivity contribution in [2.24, 2.45) is 0 Å². The zero-order chi connectivity index (χ0) is 18.9. The number of amides is 1. The largest absolute Gasteiger partial charge is 0.444 e. The third-order valence-electron chi connectivity index (χ3n) is 4.21. The van der Waals surface area contributed by atoms with Gasteiger partial charge in [-0.05, 0) is 39.7 Å². The number of carbonyl (C=O) groups excluding carboxylic acids is 1. The lowest BCUT2D eigenvalue weighted by molar-refractivity contribution is 0.0188. The fourth-order valence-electron chi connectivity index (χ4n) is 2.93. The Kier molecular flexibility index (Phi) is 5.04. The van der Waals surface area contributed by atoms with E-state index in [1.54, 1.807) is 17.3 Å². The Morgan fingerprint density at radius 3 is 2.65 bits per heavy atom. The summed E-state index contributed by atoms with van der Waals surface area (Å²) in [5, 5.41) is 7.81. The monoisotopic (exact) mass is 378 g/mol. The number of halogens is 1. The van der Waals surface area contributed by atoms with Crippen molar-refractivity contribution >= 4 is 23.5 Å². The van der Waals surface area contributed by atoms with Crippen LogP contribution in [0.4, 0.5) is 10.6 Å². The lowest BCUT2D eigenvalue weighted by atomic mass is 10.1. The van der Waals surface area contributed by atoms with E-state index < -0.39 is 5.60 Å². The SMILES string of the molecule is CC(C)(C)OC(=O)N1CCC(n2cnc(-c3cc(Cl)nnc3N)c2)CC1. The summed E-state index contributed by atoms with van der Waals surface area (Å²) in [7, 11) is 0. The van der Waals surface area contributed by atoms with Crippen LogP contribution in [-0.2, 0) is 4.74 Å². The molecule has 8 nitrogen and oxygen atoms in total. The molecule has 0 aromatic carbocycles. The Labute approximate surface area is 157 Å². The highest BCUT2D eigenvalue weighted by atomic mass is 35.5. The second-order valence-electron chi connectivity index (χ2n) is 7.37. The molecule has 1 aliphatic heterocycles. The lowest BCUT2D eigenvalue weighted by Gasteiger charge is -2.33. The van der Waals surface area contributed by atoms with Gasteiger partial charge >= 0.3 is 6.09 Å². The van der Waals surface area contributed by atoms with Crippen molar-refractivity contribution in [1.82, 2.24) is 24.6 Å². The number of aromatic nitrogens is 4. The van der Waals surface area contributed by atoms with E-state index in [1.807, 2.05) is 27.0 Å². The summed E-state index contributed by atoms with van der Waals surface area (Å²) >= 11 is 5.90. The molecular weight excluding hydrogens is 356 g/mol. The van der Waals surface area contributed by atoms with Crippen LogP contribution in [0.25, 0.3) is 11.3 Å². The van der Waals surface area contributed by atoms with Gasteiger partial charge in [-0.25, -0.2) is 9.78 Å². The highest BCUT2D eigenvalue weighted by molar-refractivity contribution is 6.29. The van der Waals surface area contributed by atoms with E-state index in [9.17, 15) is 4.79 Å². The van der Waals surface area contributed by atoms with Crippen molar-refractivity contribution < 1.29 is 9.53 Å². The first kappa shape index (κ1) is 18.4. The third-order valence-corrected chi connectivity index (χ3v) is 4.39. The molecule has 0 aliphatic carbocycles. The van der Waals surface area contributed by atoms with Crippen molar-refractivity contribution in [1.29, 1.82) is 0 Å². The first-order valence-corrected chi connectivity index (χ1v) is 8.91. The fourth-order valence-corrected chi connectivity index (χ4v) is 3.08. The summed E-state index contributed by atoms with van der Waals surface area (Å²) in [5.74, 6) is 0.291.